The number of methoxy groups -OCH3 is 2. The highest BCUT2D eigenvalue weighted by Crippen LogP contribution is 2.49. The lowest BCUT2D eigenvalue weighted by atomic mass is 10.0. The molecule has 1 aromatic heterocycles. The van der Waals surface area contributed by atoms with E-state index in [0.717, 1.165) is 6.07 Å². The highest BCUT2D eigenvalue weighted by Gasteiger charge is 2.36. The van der Waals surface area contributed by atoms with Gasteiger partial charge in [0.25, 0.3) is 0 Å². The summed E-state index contributed by atoms with van der Waals surface area (Å²) in [6.07, 6.45) is -4.51. The molecule has 0 radical (unpaired) electrons. The number of rotatable bonds is 4. The zero-order chi connectivity index (χ0) is 22.3. The van der Waals surface area contributed by atoms with Crippen LogP contribution in [0, 0.1) is 6.92 Å². The number of fused-ring (bicyclic) bond motifs is 1. The van der Waals surface area contributed by atoms with Gasteiger partial charge in [0, 0.05) is 16.1 Å². The summed E-state index contributed by atoms with van der Waals surface area (Å²) in [4.78, 5) is 10.7. The number of nitrogens with one attached hydrogen (secondary N) is 1. The minimum Gasteiger partial charge on any atom is -0.497 e. The molecule has 0 unspecified atom stereocenters. The molecule has 10 heteroatoms. The van der Waals surface area contributed by atoms with Crippen molar-refractivity contribution in [2.24, 2.45) is 0 Å². The van der Waals surface area contributed by atoms with Crippen molar-refractivity contribution in [2.45, 2.75) is 13.1 Å². The topological polar surface area (TPSA) is 59.5 Å². The minimum atomic E-state index is -4.51. The van der Waals surface area contributed by atoms with Crippen LogP contribution in [-0.2, 0) is 6.18 Å². The van der Waals surface area contributed by atoms with Gasteiger partial charge in [-0.15, -0.1) is 0 Å². The lowest BCUT2D eigenvalue weighted by Gasteiger charge is -2.22. The Morgan fingerprint density at radius 3 is 2.52 bits per heavy atom. The number of benzene rings is 2. The number of aromatic nitrogens is 2. The number of ether oxygens (including phenoxy) is 2. The number of halogens is 4. The van der Waals surface area contributed by atoms with E-state index in [9.17, 15) is 13.2 Å². The van der Waals surface area contributed by atoms with Crippen LogP contribution in [0.1, 0.15) is 11.4 Å². The average Bonchev–Trinajstić information content (AvgIpc) is 3.15. The lowest BCUT2D eigenvalue weighted by Crippen LogP contribution is -2.18. The molecule has 6 nitrogen and oxygen atoms in total. The second kappa shape index (κ2) is 7.92. The summed E-state index contributed by atoms with van der Waals surface area (Å²) in [5, 5.41) is 3.15. The van der Waals surface area contributed by atoms with Gasteiger partial charge in [0.2, 0.25) is 0 Å². The summed E-state index contributed by atoms with van der Waals surface area (Å²) in [6, 6.07) is 8.90. The summed E-state index contributed by atoms with van der Waals surface area (Å²) >= 11 is 3.54. The Kier molecular flexibility index (Phi) is 5.42. The smallest absolute Gasteiger partial charge is 0.417 e. The SMILES string of the molecule is COc1cc(Br)c(N2CNc3c(-c4ccccc4C(F)(F)F)nc(C)nc32)c(OC)c1. The molecule has 2 aromatic carbocycles. The Morgan fingerprint density at radius 1 is 1.10 bits per heavy atom. The van der Waals surface area contributed by atoms with Gasteiger partial charge in [-0.2, -0.15) is 13.2 Å². The van der Waals surface area contributed by atoms with Gasteiger partial charge in [-0.3, -0.25) is 0 Å². The van der Waals surface area contributed by atoms with Gasteiger partial charge in [0.15, 0.2) is 5.82 Å². The maximum atomic E-state index is 13.6. The maximum Gasteiger partial charge on any atom is 0.417 e. The first kappa shape index (κ1) is 21.2. The number of aryl methyl sites for hydroxylation is 1. The molecule has 162 valence electrons. The van der Waals surface area contributed by atoms with Crippen molar-refractivity contribution in [2.75, 3.05) is 31.1 Å². The molecule has 1 N–H and O–H groups in total. The first-order valence-electron chi connectivity index (χ1n) is 9.22. The van der Waals surface area contributed by atoms with Crippen LogP contribution in [0.2, 0.25) is 0 Å². The number of alkyl halides is 3. The fourth-order valence-electron chi connectivity index (χ4n) is 3.55. The van der Waals surface area contributed by atoms with E-state index in [2.05, 4.69) is 31.2 Å². The number of nitrogens with zero attached hydrogens (tertiary/aromatic N) is 3. The van der Waals surface area contributed by atoms with Gasteiger partial charge in [0.05, 0.1) is 32.1 Å². The Hall–Kier alpha value is -3.01. The second-order valence-electron chi connectivity index (χ2n) is 6.78. The summed E-state index contributed by atoms with van der Waals surface area (Å²) in [5.74, 6) is 1.93. The van der Waals surface area contributed by atoms with E-state index >= 15 is 0 Å². The average molecular weight is 495 g/mol. The summed E-state index contributed by atoms with van der Waals surface area (Å²) in [7, 11) is 3.08. The maximum absolute atomic E-state index is 13.6. The van der Waals surface area contributed by atoms with Crippen LogP contribution < -0.4 is 19.7 Å². The molecule has 0 spiro atoms. The summed E-state index contributed by atoms with van der Waals surface area (Å²) < 4.78 is 52.4. The molecule has 0 saturated carbocycles. The molecule has 31 heavy (non-hydrogen) atoms. The van der Waals surface area contributed by atoms with Crippen LogP contribution in [0.15, 0.2) is 40.9 Å². The highest BCUT2D eigenvalue weighted by atomic mass is 79.9. The van der Waals surface area contributed by atoms with Crippen LogP contribution in [0.25, 0.3) is 11.3 Å². The Morgan fingerprint density at radius 2 is 1.84 bits per heavy atom. The fraction of sp³-hybridized carbons (Fsp3) is 0.238. The summed E-state index contributed by atoms with van der Waals surface area (Å²) in [5.41, 5.74) is 0.530. The molecule has 0 amide bonds. The molecular formula is C21H18BrF3N4O2. The predicted octanol–water partition coefficient (Wildman–Crippen LogP) is 5.77. The number of hydrogen-bond donors (Lipinski definition) is 1. The van der Waals surface area contributed by atoms with E-state index in [-0.39, 0.29) is 17.9 Å². The minimum absolute atomic E-state index is 0.00754. The van der Waals surface area contributed by atoms with E-state index in [0.29, 0.717) is 39.0 Å². The Balaban J connectivity index is 1.91. The van der Waals surface area contributed by atoms with E-state index in [1.54, 1.807) is 32.2 Å². The quantitative estimate of drug-likeness (QED) is 0.496. The standard InChI is InChI=1S/C21H18BrF3N4O2/c1-11-27-17(13-6-4-5-7-14(13)21(23,24)25)18-20(28-11)29(10-26-18)19-15(22)8-12(30-2)9-16(19)31-3/h4-9,26H,10H2,1-3H3. The number of hydrogen-bond acceptors (Lipinski definition) is 6. The first-order chi connectivity index (χ1) is 14.7. The van der Waals surface area contributed by atoms with E-state index in [1.807, 2.05) is 4.90 Å². The van der Waals surface area contributed by atoms with Crippen molar-refractivity contribution < 1.29 is 22.6 Å². The van der Waals surface area contributed by atoms with Crippen molar-refractivity contribution in [1.82, 2.24) is 9.97 Å². The molecule has 0 saturated heterocycles. The van der Waals surface area contributed by atoms with Gasteiger partial charge in [-0.05, 0) is 35.0 Å². The monoisotopic (exact) mass is 494 g/mol. The fourth-order valence-corrected chi connectivity index (χ4v) is 4.19. The normalized spacial score (nSPS) is 13.1. The summed E-state index contributed by atoms with van der Waals surface area (Å²) in [6.45, 7) is 1.92. The van der Waals surface area contributed by atoms with Crippen molar-refractivity contribution in [3.63, 3.8) is 0 Å². The first-order valence-corrected chi connectivity index (χ1v) is 10.0. The van der Waals surface area contributed by atoms with Gasteiger partial charge in [0.1, 0.15) is 28.7 Å². The zero-order valence-electron chi connectivity index (χ0n) is 16.8. The Bertz CT molecular complexity index is 1150. The van der Waals surface area contributed by atoms with Gasteiger partial charge >= 0.3 is 6.18 Å². The van der Waals surface area contributed by atoms with Crippen LogP contribution >= 0.6 is 15.9 Å². The van der Waals surface area contributed by atoms with Crippen molar-refractivity contribution in [3.05, 3.63) is 52.3 Å². The molecule has 0 fully saturated rings. The third kappa shape index (κ3) is 3.76. The van der Waals surface area contributed by atoms with Crippen LogP contribution in [0.3, 0.4) is 0 Å². The molecular weight excluding hydrogens is 477 g/mol. The van der Waals surface area contributed by atoms with E-state index in [4.69, 9.17) is 9.47 Å². The van der Waals surface area contributed by atoms with Crippen molar-refractivity contribution in [1.29, 1.82) is 0 Å². The molecule has 2 heterocycles. The molecule has 0 atom stereocenters. The van der Waals surface area contributed by atoms with E-state index < -0.39 is 11.7 Å². The highest BCUT2D eigenvalue weighted by molar-refractivity contribution is 9.10. The number of anilines is 3. The molecule has 4 rings (SSSR count). The van der Waals surface area contributed by atoms with Gasteiger partial charge in [-0.1, -0.05) is 18.2 Å². The van der Waals surface area contributed by atoms with Gasteiger partial charge < -0.3 is 19.7 Å². The lowest BCUT2D eigenvalue weighted by molar-refractivity contribution is -0.137. The van der Waals surface area contributed by atoms with E-state index in [1.165, 1.54) is 19.2 Å². The Labute approximate surface area is 185 Å². The molecule has 0 bridgehead atoms. The van der Waals surface area contributed by atoms with Crippen molar-refractivity contribution in [3.8, 4) is 22.8 Å². The third-order valence-corrected chi connectivity index (χ3v) is 5.49. The second-order valence-corrected chi connectivity index (χ2v) is 7.64. The zero-order valence-corrected chi connectivity index (χ0v) is 18.4. The third-order valence-electron chi connectivity index (χ3n) is 4.89. The predicted molar refractivity (Wildman–Crippen MR) is 115 cm³/mol. The molecule has 0 aliphatic carbocycles. The van der Waals surface area contributed by atoms with Crippen molar-refractivity contribution >= 4 is 33.1 Å². The van der Waals surface area contributed by atoms with Gasteiger partial charge in [-0.25, -0.2) is 9.97 Å². The molecule has 1 aliphatic rings. The largest absolute Gasteiger partial charge is 0.497 e. The molecule has 3 aromatic rings. The molecule has 1 aliphatic heterocycles. The van der Waals surface area contributed by atoms with Crippen LogP contribution in [0.5, 0.6) is 11.5 Å². The van der Waals surface area contributed by atoms with Crippen LogP contribution in [-0.4, -0.2) is 30.9 Å². The van der Waals surface area contributed by atoms with Crippen LogP contribution in [0.4, 0.5) is 30.4 Å².